The van der Waals surface area contributed by atoms with E-state index in [2.05, 4.69) is 24.3 Å². The molecule has 1 saturated carbocycles. The minimum Gasteiger partial charge on any atom is -0.289 e. The second-order valence-electron chi connectivity index (χ2n) is 5.37. The highest BCUT2D eigenvalue weighted by Gasteiger charge is 2.36. The van der Waals surface area contributed by atoms with Gasteiger partial charge in [0, 0.05) is 0 Å². The van der Waals surface area contributed by atoms with Gasteiger partial charge in [-0.05, 0) is 61.1 Å². The number of rotatable bonds is 1. The number of benzene rings is 1. The third-order valence-corrected chi connectivity index (χ3v) is 4.19. The fourth-order valence-electron chi connectivity index (χ4n) is 3.36. The molecule has 1 aromatic rings. The molecule has 1 fully saturated rings. The smallest absolute Gasteiger partial charge is 0.184 e. The van der Waals surface area contributed by atoms with E-state index in [0.29, 0.717) is 5.92 Å². The SMILES string of the molecule is Cc1cc(C2CC3C=CC2C3)cc(C)c1[O]. The topological polar surface area (TPSA) is 19.9 Å². The van der Waals surface area contributed by atoms with Gasteiger partial charge in [0.25, 0.3) is 0 Å². The first kappa shape index (κ1) is 9.95. The van der Waals surface area contributed by atoms with Gasteiger partial charge in [-0.1, -0.05) is 24.3 Å². The summed E-state index contributed by atoms with van der Waals surface area (Å²) in [5.74, 6) is 2.39. The van der Waals surface area contributed by atoms with Crippen molar-refractivity contribution in [3.05, 3.63) is 41.0 Å². The molecule has 2 bridgehead atoms. The van der Waals surface area contributed by atoms with Crippen LogP contribution < -0.4 is 0 Å². The van der Waals surface area contributed by atoms with Crippen molar-refractivity contribution >= 4 is 0 Å². The predicted octanol–water partition coefficient (Wildman–Crippen LogP) is 4.13. The Morgan fingerprint density at radius 1 is 1.06 bits per heavy atom. The van der Waals surface area contributed by atoms with E-state index in [0.717, 1.165) is 23.0 Å². The number of fused-ring (bicyclic) bond motifs is 2. The second-order valence-corrected chi connectivity index (χ2v) is 5.37. The zero-order valence-corrected chi connectivity index (χ0v) is 9.86. The Labute approximate surface area is 96.8 Å². The Hall–Kier alpha value is -1.24. The van der Waals surface area contributed by atoms with Crippen LogP contribution in [0.15, 0.2) is 24.3 Å². The molecule has 1 radical (unpaired) electrons. The quantitative estimate of drug-likeness (QED) is 0.625. The van der Waals surface area contributed by atoms with Crippen LogP contribution in [-0.4, -0.2) is 0 Å². The van der Waals surface area contributed by atoms with Gasteiger partial charge in [0.2, 0.25) is 0 Å². The van der Waals surface area contributed by atoms with Crippen LogP contribution in [0.5, 0.6) is 5.75 Å². The van der Waals surface area contributed by atoms with E-state index in [-0.39, 0.29) is 5.75 Å². The summed E-state index contributed by atoms with van der Waals surface area (Å²) in [5, 5.41) is 11.7. The van der Waals surface area contributed by atoms with Crippen LogP contribution in [-0.2, 0) is 5.11 Å². The van der Waals surface area contributed by atoms with Crippen molar-refractivity contribution in [1.82, 2.24) is 0 Å². The molecule has 2 aliphatic rings. The van der Waals surface area contributed by atoms with Crippen molar-refractivity contribution < 1.29 is 5.11 Å². The van der Waals surface area contributed by atoms with Crippen molar-refractivity contribution in [2.75, 3.05) is 0 Å². The summed E-state index contributed by atoms with van der Waals surface area (Å²) in [5.41, 5.74) is 3.19. The number of allylic oxidation sites excluding steroid dienone is 2. The summed E-state index contributed by atoms with van der Waals surface area (Å²) in [4.78, 5) is 0. The van der Waals surface area contributed by atoms with E-state index in [1.54, 1.807) is 0 Å². The molecule has 3 atom stereocenters. The molecule has 3 unspecified atom stereocenters. The van der Waals surface area contributed by atoms with Gasteiger partial charge in [0.1, 0.15) is 0 Å². The molecule has 1 nitrogen and oxygen atoms in total. The molecule has 0 spiro atoms. The molecule has 0 heterocycles. The molecular weight excluding hydrogens is 196 g/mol. The lowest BCUT2D eigenvalue weighted by atomic mass is 9.85. The highest BCUT2D eigenvalue weighted by atomic mass is 16.3. The first-order valence-electron chi connectivity index (χ1n) is 6.11. The van der Waals surface area contributed by atoms with Crippen LogP contribution in [0.2, 0.25) is 0 Å². The third kappa shape index (κ3) is 1.38. The van der Waals surface area contributed by atoms with Gasteiger partial charge in [-0.25, -0.2) is 0 Å². The van der Waals surface area contributed by atoms with Gasteiger partial charge in [-0.2, -0.15) is 0 Å². The highest BCUT2D eigenvalue weighted by molar-refractivity contribution is 5.44. The van der Waals surface area contributed by atoms with Gasteiger partial charge in [-0.15, -0.1) is 0 Å². The summed E-state index contributed by atoms with van der Waals surface area (Å²) < 4.78 is 0. The summed E-state index contributed by atoms with van der Waals surface area (Å²) >= 11 is 0. The van der Waals surface area contributed by atoms with Gasteiger partial charge < -0.3 is 0 Å². The molecule has 0 saturated heterocycles. The van der Waals surface area contributed by atoms with Gasteiger partial charge in [-0.3, -0.25) is 5.11 Å². The molecule has 1 heteroatoms. The fourth-order valence-corrected chi connectivity index (χ4v) is 3.36. The van der Waals surface area contributed by atoms with Crippen molar-refractivity contribution in [3.63, 3.8) is 0 Å². The van der Waals surface area contributed by atoms with E-state index in [4.69, 9.17) is 0 Å². The molecule has 0 amide bonds. The molecule has 16 heavy (non-hydrogen) atoms. The standard InChI is InChI=1S/C15H17O/c1-9-5-13(6-10(2)15(9)16)14-8-11-3-4-12(14)7-11/h3-6,11-12,14H,7-8H2,1-2H3. The number of aryl methyl sites for hydroxylation is 2. The van der Waals surface area contributed by atoms with Crippen molar-refractivity contribution in [2.24, 2.45) is 11.8 Å². The lowest BCUT2D eigenvalue weighted by Crippen LogP contribution is -2.05. The predicted molar refractivity (Wildman–Crippen MR) is 64.1 cm³/mol. The van der Waals surface area contributed by atoms with Gasteiger partial charge in [0.05, 0.1) is 0 Å². The van der Waals surface area contributed by atoms with E-state index in [9.17, 15) is 5.11 Å². The minimum absolute atomic E-state index is 0.211. The fraction of sp³-hybridized carbons (Fsp3) is 0.467. The van der Waals surface area contributed by atoms with Crippen LogP contribution in [0.1, 0.15) is 35.4 Å². The largest absolute Gasteiger partial charge is 0.289 e. The van der Waals surface area contributed by atoms with Crippen molar-refractivity contribution in [3.8, 4) is 5.75 Å². The van der Waals surface area contributed by atoms with E-state index < -0.39 is 0 Å². The Kier molecular flexibility index (Phi) is 2.10. The molecule has 0 aromatic heterocycles. The highest BCUT2D eigenvalue weighted by Crippen LogP contribution is 2.49. The van der Waals surface area contributed by atoms with Crippen LogP contribution >= 0.6 is 0 Å². The summed E-state index contributed by atoms with van der Waals surface area (Å²) in [6.07, 6.45) is 7.33. The molecule has 83 valence electrons. The zero-order chi connectivity index (χ0) is 11.3. The Bertz CT molecular complexity index is 435. The minimum atomic E-state index is 0.211. The first-order valence-corrected chi connectivity index (χ1v) is 6.11. The van der Waals surface area contributed by atoms with E-state index in [1.807, 2.05) is 13.8 Å². The summed E-state index contributed by atoms with van der Waals surface area (Å²) in [6, 6.07) is 4.21. The molecule has 0 N–H and O–H groups in total. The van der Waals surface area contributed by atoms with Crippen LogP contribution in [0.3, 0.4) is 0 Å². The average molecular weight is 213 g/mol. The lowest BCUT2D eigenvalue weighted by Gasteiger charge is -2.19. The van der Waals surface area contributed by atoms with Crippen LogP contribution in [0, 0.1) is 25.7 Å². The maximum atomic E-state index is 11.7. The number of hydrogen-bond acceptors (Lipinski definition) is 0. The molecule has 1 aromatic carbocycles. The Morgan fingerprint density at radius 3 is 2.25 bits per heavy atom. The second kappa shape index (κ2) is 3.38. The maximum Gasteiger partial charge on any atom is 0.184 e. The van der Waals surface area contributed by atoms with Crippen molar-refractivity contribution in [1.29, 1.82) is 0 Å². The normalized spacial score (nSPS) is 31.2. The van der Waals surface area contributed by atoms with E-state index in [1.165, 1.54) is 18.4 Å². The lowest BCUT2D eigenvalue weighted by molar-refractivity contribution is 0.348. The maximum absolute atomic E-state index is 11.7. The number of hydrogen-bond donors (Lipinski definition) is 0. The Morgan fingerprint density at radius 2 is 1.75 bits per heavy atom. The first-order chi connectivity index (χ1) is 7.65. The Balaban J connectivity index is 1.99. The molecule has 2 aliphatic carbocycles. The summed E-state index contributed by atoms with van der Waals surface area (Å²) in [6.45, 7) is 3.86. The van der Waals surface area contributed by atoms with Gasteiger partial charge in [0.15, 0.2) is 5.75 Å². The van der Waals surface area contributed by atoms with Crippen LogP contribution in [0.25, 0.3) is 0 Å². The summed E-state index contributed by atoms with van der Waals surface area (Å²) in [7, 11) is 0. The van der Waals surface area contributed by atoms with Crippen molar-refractivity contribution in [2.45, 2.75) is 32.6 Å². The van der Waals surface area contributed by atoms with Gasteiger partial charge >= 0.3 is 0 Å². The molecular formula is C15H17O. The van der Waals surface area contributed by atoms with E-state index >= 15 is 0 Å². The average Bonchev–Trinajstić information content (AvgIpc) is 2.86. The molecule has 3 rings (SSSR count). The molecule has 0 aliphatic heterocycles. The van der Waals surface area contributed by atoms with Crippen LogP contribution in [0.4, 0.5) is 0 Å². The zero-order valence-electron chi connectivity index (χ0n) is 9.86. The third-order valence-electron chi connectivity index (χ3n) is 4.19. The monoisotopic (exact) mass is 213 g/mol.